The number of anilines is 1. The van der Waals surface area contributed by atoms with Crippen LogP contribution in [0.25, 0.3) is 10.9 Å². The molecule has 0 saturated heterocycles. The van der Waals surface area contributed by atoms with Crippen LogP contribution in [0.2, 0.25) is 0 Å². The molecule has 0 aliphatic heterocycles. The van der Waals surface area contributed by atoms with E-state index in [2.05, 4.69) is 10.3 Å². The maximum atomic E-state index is 12.2. The van der Waals surface area contributed by atoms with Gasteiger partial charge in [0.25, 0.3) is 0 Å². The van der Waals surface area contributed by atoms with Crippen molar-refractivity contribution in [3.63, 3.8) is 0 Å². The van der Waals surface area contributed by atoms with E-state index in [4.69, 9.17) is 5.11 Å². The number of hydrogen-bond donors (Lipinski definition) is 2. The summed E-state index contributed by atoms with van der Waals surface area (Å²) >= 11 is 0. The number of rotatable bonds is 5. The van der Waals surface area contributed by atoms with Crippen LogP contribution in [-0.2, 0) is 4.79 Å². The molecule has 0 atom stereocenters. The van der Waals surface area contributed by atoms with Gasteiger partial charge in [0.1, 0.15) is 0 Å². The van der Waals surface area contributed by atoms with Crippen LogP contribution in [0.1, 0.15) is 13.3 Å². The van der Waals surface area contributed by atoms with Gasteiger partial charge in [-0.15, -0.1) is 0 Å². The smallest absolute Gasteiger partial charge is 0.321 e. The third-order valence-corrected chi connectivity index (χ3v) is 3.15. The van der Waals surface area contributed by atoms with Gasteiger partial charge in [0, 0.05) is 24.7 Å². The summed E-state index contributed by atoms with van der Waals surface area (Å²) in [6.45, 7) is 2.44. The van der Waals surface area contributed by atoms with E-state index >= 15 is 0 Å². The zero-order valence-electron chi connectivity index (χ0n) is 11.7. The van der Waals surface area contributed by atoms with Gasteiger partial charge in [0.15, 0.2) is 0 Å². The first kappa shape index (κ1) is 14.8. The third kappa shape index (κ3) is 3.68. The topological polar surface area (TPSA) is 82.5 Å². The fourth-order valence-corrected chi connectivity index (χ4v) is 2.04. The summed E-state index contributed by atoms with van der Waals surface area (Å²) in [7, 11) is 0. The third-order valence-electron chi connectivity index (χ3n) is 3.15. The van der Waals surface area contributed by atoms with Crippen LogP contribution in [0.15, 0.2) is 36.5 Å². The predicted molar refractivity (Wildman–Crippen MR) is 80.3 cm³/mol. The van der Waals surface area contributed by atoms with Crippen molar-refractivity contribution in [1.29, 1.82) is 0 Å². The van der Waals surface area contributed by atoms with Crippen LogP contribution in [0.5, 0.6) is 0 Å². The van der Waals surface area contributed by atoms with Crippen molar-refractivity contribution >= 4 is 28.6 Å². The average Bonchev–Trinajstić information content (AvgIpc) is 2.48. The van der Waals surface area contributed by atoms with Gasteiger partial charge in [-0.3, -0.25) is 9.78 Å². The molecule has 0 aliphatic rings. The minimum Gasteiger partial charge on any atom is -0.481 e. The van der Waals surface area contributed by atoms with Crippen LogP contribution in [0.4, 0.5) is 10.5 Å². The second-order valence-corrected chi connectivity index (χ2v) is 4.53. The first-order chi connectivity index (χ1) is 10.1. The second kappa shape index (κ2) is 6.69. The van der Waals surface area contributed by atoms with E-state index in [1.54, 1.807) is 18.3 Å². The van der Waals surface area contributed by atoms with Crippen LogP contribution >= 0.6 is 0 Å². The molecule has 0 fully saturated rings. The monoisotopic (exact) mass is 287 g/mol. The molecule has 110 valence electrons. The molecule has 1 aromatic heterocycles. The van der Waals surface area contributed by atoms with Crippen LogP contribution in [0.3, 0.4) is 0 Å². The number of hydrogen-bond acceptors (Lipinski definition) is 3. The predicted octanol–water partition coefficient (Wildman–Crippen LogP) is 2.56. The molecule has 0 unspecified atom stereocenters. The molecule has 0 saturated carbocycles. The number of aromatic nitrogens is 1. The van der Waals surface area contributed by atoms with Gasteiger partial charge in [0.2, 0.25) is 0 Å². The number of carboxylic acid groups (broad SMARTS) is 1. The van der Waals surface area contributed by atoms with Crippen LogP contribution < -0.4 is 5.32 Å². The minimum atomic E-state index is -0.921. The lowest BCUT2D eigenvalue weighted by atomic mass is 10.2. The van der Waals surface area contributed by atoms with E-state index in [0.717, 1.165) is 10.9 Å². The number of amides is 2. The first-order valence-corrected chi connectivity index (χ1v) is 6.73. The van der Waals surface area contributed by atoms with Gasteiger partial charge < -0.3 is 15.3 Å². The van der Waals surface area contributed by atoms with E-state index in [1.165, 1.54) is 4.90 Å². The zero-order chi connectivity index (χ0) is 15.2. The molecule has 2 N–H and O–H groups in total. The number of nitrogens with zero attached hydrogens (tertiary/aromatic N) is 2. The number of nitrogens with one attached hydrogen (secondary N) is 1. The Kier molecular flexibility index (Phi) is 4.71. The summed E-state index contributed by atoms with van der Waals surface area (Å²) in [5, 5.41) is 12.4. The molecule has 1 aromatic carbocycles. The lowest BCUT2D eigenvalue weighted by Gasteiger charge is -2.21. The van der Waals surface area contributed by atoms with Gasteiger partial charge in [-0.1, -0.05) is 6.07 Å². The average molecular weight is 287 g/mol. The summed E-state index contributed by atoms with van der Waals surface area (Å²) in [4.78, 5) is 28.5. The molecule has 1 heterocycles. The Morgan fingerprint density at radius 3 is 2.81 bits per heavy atom. The van der Waals surface area contributed by atoms with Crippen molar-refractivity contribution in [2.24, 2.45) is 0 Å². The van der Waals surface area contributed by atoms with Crippen molar-refractivity contribution in [2.75, 3.05) is 18.4 Å². The molecule has 2 rings (SSSR count). The first-order valence-electron chi connectivity index (χ1n) is 6.73. The summed E-state index contributed by atoms with van der Waals surface area (Å²) in [6.07, 6.45) is 1.62. The highest BCUT2D eigenvalue weighted by atomic mass is 16.4. The number of benzene rings is 1. The van der Waals surface area contributed by atoms with Crippen molar-refractivity contribution in [2.45, 2.75) is 13.3 Å². The maximum Gasteiger partial charge on any atom is 0.321 e. The Labute approximate surface area is 122 Å². The molecule has 21 heavy (non-hydrogen) atoms. The van der Waals surface area contributed by atoms with Gasteiger partial charge in [-0.05, 0) is 31.2 Å². The van der Waals surface area contributed by atoms with Crippen molar-refractivity contribution in [3.8, 4) is 0 Å². The van der Waals surface area contributed by atoms with Crippen molar-refractivity contribution in [1.82, 2.24) is 9.88 Å². The molecule has 0 spiro atoms. The highest BCUT2D eigenvalue weighted by molar-refractivity contribution is 6.00. The molecule has 0 bridgehead atoms. The molecule has 0 aliphatic carbocycles. The summed E-state index contributed by atoms with van der Waals surface area (Å²) < 4.78 is 0. The molecule has 6 heteroatoms. The summed E-state index contributed by atoms with van der Waals surface area (Å²) in [5.74, 6) is -0.921. The molecular weight excluding hydrogens is 270 g/mol. The minimum absolute atomic E-state index is 0.0711. The molecule has 2 aromatic rings. The number of carbonyl (C=O) groups excluding carboxylic acids is 1. The summed E-state index contributed by atoms with van der Waals surface area (Å²) in [6, 6.07) is 8.86. The molecular formula is C15H17N3O3. The van der Waals surface area contributed by atoms with Gasteiger partial charge in [0.05, 0.1) is 17.6 Å². The Bertz CT molecular complexity index is 652. The van der Waals surface area contributed by atoms with E-state index in [-0.39, 0.29) is 19.0 Å². The van der Waals surface area contributed by atoms with Crippen LogP contribution in [0, 0.1) is 0 Å². The number of carboxylic acids is 1. The normalized spacial score (nSPS) is 10.3. The quantitative estimate of drug-likeness (QED) is 0.885. The van der Waals surface area contributed by atoms with E-state index in [0.29, 0.717) is 12.2 Å². The fourth-order valence-electron chi connectivity index (χ4n) is 2.04. The largest absolute Gasteiger partial charge is 0.481 e. The lowest BCUT2D eigenvalue weighted by Crippen LogP contribution is -2.36. The maximum absolute atomic E-state index is 12.2. The molecule has 6 nitrogen and oxygen atoms in total. The number of carbonyl (C=O) groups is 2. The fraction of sp³-hybridized carbons (Fsp3) is 0.267. The Hall–Kier alpha value is -2.63. The summed E-state index contributed by atoms with van der Waals surface area (Å²) in [5.41, 5.74) is 1.46. The zero-order valence-corrected chi connectivity index (χ0v) is 11.7. The lowest BCUT2D eigenvalue weighted by molar-refractivity contribution is -0.137. The molecule has 2 amide bonds. The number of pyridine rings is 1. The number of urea groups is 1. The van der Waals surface area contributed by atoms with E-state index in [9.17, 15) is 9.59 Å². The molecule has 0 radical (unpaired) electrons. The van der Waals surface area contributed by atoms with Crippen molar-refractivity contribution < 1.29 is 14.7 Å². The Balaban J connectivity index is 2.15. The number of fused-ring (bicyclic) bond motifs is 1. The Morgan fingerprint density at radius 1 is 1.29 bits per heavy atom. The number of aliphatic carboxylic acids is 1. The highest BCUT2D eigenvalue weighted by Crippen LogP contribution is 2.21. The van der Waals surface area contributed by atoms with Crippen molar-refractivity contribution in [3.05, 3.63) is 36.5 Å². The van der Waals surface area contributed by atoms with Crippen LogP contribution in [-0.4, -0.2) is 40.1 Å². The van der Waals surface area contributed by atoms with Gasteiger partial charge >= 0.3 is 12.0 Å². The van der Waals surface area contributed by atoms with Gasteiger partial charge in [-0.2, -0.15) is 0 Å². The van der Waals surface area contributed by atoms with Gasteiger partial charge in [-0.25, -0.2) is 4.79 Å². The standard InChI is InChI=1S/C15H17N3O3/c1-2-18(10-8-14(19)20)15(21)17-13-7-3-6-12-11(13)5-4-9-16-12/h3-7,9H,2,8,10H2,1H3,(H,17,21)(H,19,20). The Morgan fingerprint density at radius 2 is 2.10 bits per heavy atom. The second-order valence-electron chi connectivity index (χ2n) is 4.53. The van der Waals surface area contributed by atoms with E-state index in [1.807, 2.05) is 25.1 Å². The van der Waals surface area contributed by atoms with E-state index < -0.39 is 5.97 Å². The highest BCUT2D eigenvalue weighted by Gasteiger charge is 2.14. The SMILES string of the molecule is CCN(CCC(=O)O)C(=O)Nc1cccc2ncccc12.